The summed E-state index contributed by atoms with van der Waals surface area (Å²) in [5.74, 6) is -0.141. The Bertz CT molecular complexity index is 963. The SMILES string of the molecule is N#C[C@@H]1C[C@H](F)CN1C(=O)CNC12CCC(C(=O)Nc3ccc(C4CNCCO4)cc3)(CC1)CC2. The first-order chi connectivity index (χ1) is 16.9. The van der Waals surface area contributed by atoms with E-state index < -0.39 is 12.2 Å². The van der Waals surface area contributed by atoms with Gasteiger partial charge in [-0.3, -0.25) is 9.59 Å². The predicted octanol–water partition coefficient (Wildman–Crippen LogP) is 2.43. The van der Waals surface area contributed by atoms with Crippen LogP contribution in [-0.4, -0.2) is 67.3 Å². The lowest BCUT2D eigenvalue weighted by Crippen LogP contribution is -2.59. The van der Waals surface area contributed by atoms with Gasteiger partial charge >= 0.3 is 0 Å². The van der Waals surface area contributed by atoms with E-state index in [0.29, 0.717) is 6.61 Å². The van der Waals surface area contributed by atoms with Crippen LogP contribution in [-0.2, 0) is 14.3 Å². The van der Waals surface area contributed by atoms with Crippen molar-refractivity contribution in [3.05, 3.63) is 29.8 Å². The average Bonchev–Trinajstić information content (AvgIpc) is 3.30. The van der Waals surface area contributed by atoms with Crippen molar-refractivity contribution in [2.45, 2.75) is 68.8 Å². The number of nitrogens with one attached hydrogen (secondary N) is 3. The van der Waals surface area contributed by atoms with Gasteiger partial charge in [0.25, 0.3) is 0 Å². The van der Waals surface area contributed by atoms with Crippen LogP contribution in [0.1, 0.15) is 56.6 Å². The first-order valence-corrected chi connectivity index (χ1v) is 12.7. The van der Waals surface area contributed by atoms with Gasteiger partial charge in [0.1, 0.15) is 12.2 Å². The predicted molar refractivity (Wildman–Crippen MR) is 128 cm³/mol. The number of fused-ring (bicyclic) bond motifs is 3. The zero-order valence-corrected chi connectivity index (χ0v) is 20.0. The highest BCUT2D eigenvalue weighted by Gasteiger charge is 2.52. The molecule has 8 nitrogen and oxygen atoms in total. The molecule has 0 spiro atoms. The van der Waals surface area contributed by atoms with E-state index >= 15 is 0 Å². The van der Waals surface area contributed by atoms with Crippen molar-refractivity contribution in [2.75, 3.05) is 38.1 Å². The number of halogens is 1. The number of hydrogen-bond donors (Lipinski definition) is 3. The number of morpholine rings is 1. The van der Waals surface area contributed by atoms with Gasteiger partial charge in [-0.1, -0.05) is 12.1 Å². The summed E-state index contributed by atoms with van der Waals surface area (Å²) in [6.45, 7) is 2.48. The molecule has 3 atom stereocenters. The minimum Gasteiger partial charge on any atom is -0.371 e. The Morgan fingerprint density at radius 3 is 2.51 bits per heavy atom. The minimum atomic E-state index is -1.13. The number of nitriles is 1. The number of alkyl halides is 1. The van der Waals surface area contributed by atoms with Crippen molar-refractivity contribution < 1.29 is 18.7 Å². The zero-order chi connectivity index (χ0) is 24.5. The molecule has 2 bridgehead atoms. The Hall–Kier alpha value is -2.54. The van der Waals surface area contributed by atoms with Crippen LogP contribution in [0.4, 0.5) is 10.1 Å². The molecule has 1 unspecified atom stereocenters. The van der Waals surface area contributed by atoms with Gasteiger partial charge in [0.15, 0.2) is 0 Å². The highest BCUT2D eigenvalue weighted by atomic mass is 19.1. The van der Waals surface area contributed by atoms with Crippen LogP contribution in [0, 0.1) is 16.7 Å². The van der Waals surface area contributed by atoms with Crippen molar-refractivity contribution in [1.82, 2.24) is 15.5 Å². The van der Waals surface area contributed by atoms with Crippen LogP contribution in [0.15, 0.2) is 24.3 Å². The highest BCUT2D eigenvalue weighted by molar-refractivity contribution is 5.95. The van der Waals surface area contributed by atoms with E-state index in [1.54, 1.807) is 0 Å². The van der Waals surface area contributed by atoms with Crippen molar-refractivity contribution >= 4 is 17.5 Å². The number of hydrogen-bond acceptors (Lipinski definition) is 6. The van der Waals surface area contributed by atoms with Crippen LogP contribution < -0.4 is 16.0 Å². The summed E-state index contributed by atoms with van der Waals surface area (Å²) >= 11 is 0. The Kier molecular flexibility index (Phi) is 6.80. The lowest BCUT2D eigenvalue weighted by Gasteiger charge is -2.52. The first-order valence-electron chi connectivity index (χ1n) is 12.7. The fourth-order valence-electron chi connectivity index (χ4n) is 6.16. The maximum absolute atomic E-state index is 13.7. The standard InChI is InChI=1S/C26H34FN5O3/c27-19-13-21(14-28)32(17-19)23(33)16-30-26-8-5-25(6-9-26,7-10-26)24(34)31-20-3-1-18(2-4-20)22-15-29-11-12-35-22/h1-4,19,21-22,29-30H,5-13,15-17H2,(H,31,34)/t19-,21-,22?,25?,26?/m0/s1. The van der Waals surface area contributed by atoms with Crippen molar-refractivity contribution in [2.24, 2.45) is 5.41 Å². The number of ether oxygens (including phenoxy) is 1. The Balaban J connectivity index is 1.13. The lowest BCUT2D eigenvalue weighted by molar-refractivity contribution is -0.135. The van der Waals surface area contributed by atoms with Gasteiger partial charge < -0.3 is 25.6 Å². The minimum absolute atomic E-state index is 0.000566. The van der Waals surface area contributed by atoms with Crippen LogP contribution in [0.3, 0.4) is 0 Å². The van der Waals surface area contributed by atoms with Crippen LogP contribution in [0.25, 0.3) is 0 Å². The molecule has 0 aromatic heterocycles. The first kappa shape index (κ1) is 24.2. The molecule has 5 fully saturated rings. The summed E-state index contributed by atoms with van der Waals surface area (Å²) in [5, 5.41) is 19.1. The molecule has 9 heteroatoms. The molecule has 2 heterocycles. The van der Waals surface area contributed by atoms with Gasteiger partial charge in [-0.2, -0.15) is 5.26 Å². The second-order valence-corrected chi connectivity index (χ2v) is 10.6. The molecule has 0 radical (unpaired) electrons. The summed E-state index contributed by atoms with van der Waals surface area (Å²) < 4.78 is 19.5. The molecule has 188 valence electrons. The second-order valence-electron chi connectivity index (χ2n) is 10.6. The Labute approximate surface area is 205 Å². The Morgan fingerprint density at radius 1 is 1.17 bits per heavy atom. The molecule has 35 heavy (non-hydrogen) atoms. The van der Waals surface area contributed by atoms with E-state index in [1.807, 2.05) is 30.3 Å². The highest BCUT2D eigenvalue weighted by Crippen LogP contribution is 2.52. The molecular weight excluding hydrogens is 449 g/mol. The Morgan fingerprint density at radius 2 is 1.89 bits per heavy atom. The molecule has 1 aromatic carbocycles. The maximum Gasteiger partial charge on any atom is 0.237 e. The van der Waals surface area contributed by atoms with E-state index in [1.165, 1.54) is 4.90 Å². The van der Waals surface area contributed by atoms with Crippen molar-refractivity contribution in [1.29, 1.82) is 5.26 Å². The molecule has 3 aliphatic carbocycles. The lowest BCUT2D eigenvalue weighted by atomic mass is 9.57. The van der Waals surface area contributed by atoms with E-state index in [9.17, 15) is 19.2 Å². The molecule has 2 aliphatic heterocycles. The number of carbonyl (C=O) groups excluding carboxylic acids is 2. The monoisotopic (exact) mass is 483 g/mol. The van der Waals surface area contributed by atoms with E-state index in [4.69, 9.17) is 4.74 Å². The third-order valence-electron chi connectivity index (χ3n) is 8.53. The van der Waals surface area contributed by atoms with E-state index in [0.717, 1.165) is 62.9 Å². The third kappa shape index (κ3) is 4.92. The third-order valence-corrected chi connectivity index (χ3v) is 8.53. The number of carbonyl (C=O) groups is 2. The van der Waals surface area contributed by atoms with E-state index in [-0.39, 0.29) is 48.4 Å². The van der Waals surface area contributed by atoms with Gasteiger partial charge in [-0.15, -0.1) is 0 Å². The smallest absolute Gasteiger partial charge is 0.237 e. The molecule has 2 saturated heterocycles. The fourth-order valence-corrected chi connectivity index (χ4v) is 6.16. The van der Waals surface area contributed by atoms with Gasteiger partial charge in [0.05, 0.1) is 31.9 Å². The number of amides is 2. The molecule has 3 saturated carbocycles. The second kappa shape index (κ2) is 9.84. The summed E-state index contributed by atoms with van der Waals surface area (Å²) in [4.78, 5) is 27.3. The topological polar surface area (TPSA) is 106 Å². The molecule has 2 amide bonds. The normalized spacial score (nSPS) is 34.4. The average molecular weight is 484 g/mol. The van der Waals surface area contributed by atoms with Crippen molar-refractivity contribution in [3.63, 3.8) is 0 Å². The molecule has 3 N–H and O–H groups in total. The molecule has 1 aromatic rings. The van der Waals surface area contributed by atoms with Gasteiger partial charge in [-0.05, 0) is 56.2 Å². The van der Waals surface area contributed by atoms with Crippen LogP contribution >= 0.6 is 0 Å². The van der Waals surface area contributed by atoms with Crippen LogP contribution in [0.5, 0.6) is 0 Å². The summed E-state index contributed by atoms with van der Waals surface area (Å²) in [6.07, 6.45) is 3.82. The summed E-state index contributed by atoms with van der Waals surface area (Å²) in [5.41, 5.74) is 1.37. The van der Waals surface area contributed by atoms with Crippen molar-refractivity contribution in [3.8, 4) is 6.07 Å². The van der Waals surface area contributed by atoms with Gasteiger partial charge in [-0.25, -0.2) is 4.39 Å². The number of rotatable bonds is 6. The largest absolute Gasteiger partial charge is 0.371 e. The molecule has 5 aliphatic rings. The van der Waals surface area contributed by atoms with E-state index in [2.05, 4.69) is 16.0 Å². The fraction of sp³-hybridized carbons (Fsp3) is 0.654. The number of anilines is 1. The maximum atomic E-state index is 13.7. The van der Waals surface area contributed by atoms with Gasteiger partial charge in [0, 0.05) is 36.2 Å². The number of likely N-dealkylation sites (tertiary alicyclic amines) is 1. The van der Waals surface area contributed by atoms with Gasteiger partial charge in [0.2, 0.25) is 11.8 Å². The molecular formula is C26H34FN5O3. The number of nitrogens with zero attached hydrogens (tertiary/aromatic N) is 2. The molecule has 6 rings (SSSR count). The quantitative estimate of drug-likeness (QED) is 0.574. The zero-order valence-electron chi connectivity index (χ0n) is 20.0. The summed E-state index contributed by atoms with van der Waals surface area (Å²) in [7, 11) is 0. The van der Waals surface area contributed by atoms with Crippen LogP contribution in [0.2, 0.25) is 0 Å². The summed E-state index contributed by atoms with van der Waals surface area (Å²) in [6, 6.07) is 9.28. The number of benzene rings is 1.